The molecule has 1 amide bonds. The van der Waals surface area contributed by atoms with E-state index in [1.54, 1.807) is 36.1 Å². The zero-order valence-corrected chi connectivity index (χ0v) is 17.9. The number of benzene rings is 2. The van der Waals surface area contributed by atoms with Gasteiger partial charge in [-0.05, 0) is 56.2 Å². The molecule has 0 fully saturated rings. The van der Waals surface area contributed by atoms with Crippen molar-refractivity contribution in [1.29, 1.82) is 5.26 Å². The molecule has 1 N–H and O–H groups in total. The normalized spacial score (nSPS) is 10.4. The maximum Gasteiger partial charge on any atom is 0.340 e. The molecule has 0 aliphatic carbocycles. The van der Waals surface area contributed by atoms with Crippen molar-refractivity contribution in [3.8, 4) is 6.07 Å². The largest absolute Gasteiger partial charge is 0.462 e. The molecule has 0 unspecified atom stereocenters. The fourth-order valence-electron chi connectivity index (χ4n) is 3.55. The van der Waals surface area contributed by atoms with Crippen molar-refractivity contribution in [2.75, 3.05) is 6.61 Å². The zero-order valence-electron chi connectivity index (χ0n) is 17.9. The van der Waals surface area contributed by atoms with Gasteiger partial charge in [-0.1, -0.05) is 30.3 Å². The Morgan fingerprint density at radius 1 is 1.03 bits per heavy atom. The second-order valence-electron chi connectivity index (χ2n) is 7.28. The third kappa shape index (κ3) is 5.01. The number of aromatic amines is 1. The van der Waals surface area contributed by atoms with E-state index in [1.807, 2.05) is 44.2 Å². The van der Waals surface area contributed by atoms with Crippen LogP contribution in [0.25, 0.3) is 0 Å². The highest BCUT2D eigenvalue weighted by molar-refractivity contribution is 5.95. The highest BCUT2D eigenvalue weighted by atomic mass is 16.5. The number of carbonyl (C=O) groups excluding carboxylic acids is 2. The molecule has 3 aromatic rings. The van der Waals surface area contributed by atoms with Crippen LogP contribution >= 0.6 is 0 Å². The molecular formula is C25H25N3O3. The van der Waals surface area contributed by atoms with Crippen molar-refractivity contribution >= 4 is 11.9 Å². The van der Waals surface area contributed by atoms with E-state index in [0.29, 0.717) is 36.4 Å². The number of aromatic nitrogens is 1. The second kappa shape index (κ2) is 9.77. The summed E-state index contributed by atoms with van der Waals surface area (Å²) in [5, 5.41) is 9.02. The monoisotopic (exact) mass is 415 g/mol. The summed E-state index contributed by atoms with van der Waals surface area (Å²) in [5.74, 6) is -0.522. The van der Waals surface area contributed by atoms with Crippen LogP contribution in [0.3, 0.4) is 0 Å². The minimum absolute atomic E-state index is 0.155. The number of nitriles is 1. The van der Waals surface area contributed by atoms with E-state index in [4.69, 9.17) is 10.00 Å². The molecule has 0 saturated carbocycles. The molecule has 0 aliphatic heterocycles. The van der Waals surface area contributed by atoms with Gasteiger partial charge in [0.15, 0.2) is 0 Å². The van der Waals surface area contributed by atoms with E-state index >= 15 is 0 Å². The number of nitrogens with one attached hydrogen (secondary N) is 1. The Balaban J connectivity index is 1.93. The van der Waals surface area contributed by atoms with E-state index in [1.165, 1.54) is 0 Å². The summed E-state index contributed by atoms with van der Waals surface area (Å²) in [6, 6.07) is 18.4. The van der Waals surface area contributed by atoms with Gasteiger partial charge in [0.1, 0.15) is 0 Å². The predicted octanol–water partition coefficient (Wildman–Crippen LogP) is 4.52. The highest BCUT2D eigenvalue weighted by Crippen LogP contribution is 2.22. The molecular weight excluding hydrogens is 390 g/mol. The Morgan fingerprint density at radius 2 is 1.71 bits per heavy atom. The molecule has 2 aromatic carbocycles. The van der Waals surface area contributed by atoms with Crippen LogP contribution in [-0.4, -0.2) is 28.4 Å². The molecule has 0 atom stereocenters. The van der Waals surface area contributed by atoms with Crippen molar-refractivity contribution in [1.82, 2.24) is 9.88 Å². The van der Waals surface area contributed by atoms with Gasteiger partial charge in [0.2, 0.25) is 0 Å². The topological polar surface area (TPSA) is 86.2 Å². The number of hydrogen-bond donors (Lipinski definition) is 1. The number of esters is 1. The highest BCUT2D eigenvalue weighted by Gasteiger charge is 2.23. The molecule has 0 bridgehead atoms. The van der Waals surface area contributed by atoms with Gasteiger partial charge in [-0.3, -0.25) is 4.79 Å². The Labute approximate surface area is 182 Å². The minimum atomic E-state index is -0.368. The van der Waals surface area contributed by atoms with Gasteiger partial charge in [0.25, 0.3) is 5.91 Å². The van der Waals surface area contributed by atoms with Gasteiger partial charge in [-0.25, -0.2) is 4.79 Å². The molecule has 1 aromatic heterocycles. The van der Waals surface area contributed by atoms with Crippen molar-refractivity contribution in [2.24, 2.45) is 0 Å². The third-order valence-electron chi connectivity index (χ3n) is 5.13. The van der Waals surface area contributed by atoms with E-state index < -0.39 is 0 Å². The lowest BCUT2D eigenvalue weighted by Gasteiger charge is -2.23. The van der Waals surface area contributed by atoms with E-state index in [0.717, 1.165) is 22.5 Å². The lowest BCUT2D eigenvalue weighted by Crippen LogP contribution is -2.30. The SMILES string of the molecule is CCOC(=O)c1c(C)[nH]c(CN(Cc2ccccc2)C(=O)c2ccc(C#N)cc2)c1C. The van der Waals surface area contributed by atoms with Gasteiger partial charge in [-0.2, -0.15) is 5.26 Å². The number of nitrogens with zero attached hydrogens (tertiary/aromatic N) is 2. The number of H-pyrrole nitrogens is 1. The van der Waals surface area contributed by atoms with Crippen molar-refractivity contribution < 1.29 is 14.3 Å². The van der Waals surface area contributed by atoms with Gasteiger partial charge in [0, 0.05) is 23.5 Å². The first kappa shape index (κ1) is 21.8. The number of carbonyl (C=O) groups is 2. The van der Waals surface area contributed by atoms with Gasteiger partial charge in [-0.15, -0.1) is 0 Å². The van der Waals surface area contributed by atoms with Crippen LogP contribution in [0.1, 0.15) is 55.7 Å². The average molecular weight is 415 g/mol. The standard InChI is InChI=1S/C25H25N3O3/c1-4-31-25(30)23-17(2)22(27-18(23)3)16-28(15-20-8-6-5-7-9-20)24(29)21-12-10-19(14-26)11-13-21/h5-13,27H,4,15-16H2,1-3H3. The summed E-state index contributed by atoms with van der Waals surface area (Å²) in [7, 11) is 0. The molecule has 3 rings (SSSR count). The number of ether oxygens (including phenoxy) is 1. The molecule has 0 radical (unpaired) electrons. The number of rotatable bonds is 7. The first-order valence-corrected chi connectivity index (χ1v) is 10.1. The lowest BCUT2D eigenvalue weighted by atomic mass is 10.1. The van der Waals surface area contributed by atoms with Crippen LogP contribution in [0.5, 0.6) is 0 Å². The fourth-order valence-corrected chi connectivity index (χ4v) is 3.55. The van der Waals surface area contributed by atoms with Gasteiger partial charge < -0.3 is 14.6 Å². The first-order valence-electron chi connectivity index (χ1n) is 10.1. The summed E-state index contributed by atoms with van der Waals surface area (Å²) in [6.07, 6.45) is 0. The third-order valence-corrected chi connectivity index (χ3v) is 5.13. The summed E-state index contributed by atoms with van der Waals surface area (Å²) >= 11 is 0. The summed E-state index contributed by atoms with van der Waals surface area (Å²) in [6.45, 7) is 6.47. The quantitative estimate of drug-likeness (QED) is 0.575. The summed E-state index contributed by atoms with van der Waals surface area (Å²) < 4.78 is 5.18. The maximum atomic E-state index is 13.3. The van der Waals surface area contributed by atoms with Crippen LogP contribution < -0.4 is 0 Å². The predicted molar refractivity (Wildman–Crippen MR) is 117 cm³/mol. The van der Waals surface area contributed by atoms with Crippen LogP contribution in [0.15, 0.2) is 54.6 Å². The maximum absolute atomic E-state index is 13.3. The average Bonchev–Trinajstić information content (AvgIpc) is 3.06. The van der Waals surface area contributed by atoms with Crippen LogP contribution in [-0.2, 0) is 17.8 Å². The zero-order chi connectivity index (χ0) is 22.4. The van der Waals surface area contributed by atoms with Crippen LogP contribution in [0, 0.1) is 25.2 Å². The molecule has 6 heteroatoms. The Bertz CT molecular complexity index is 1110. The van der Waals surface area contributed by atoms with E-state index in [9.17, 15) is 9.59 Å². The van der Waals surface area contributed by atoms with Crippen molar-refractivity contribution in [3.63, 3.8) is 0 Å². The second-order valence-corrected chi connectivity index (χ2v) is 7.28. The molecule has 0 saturated heterocycles. The first-order chi connectivity index (χ1) is 14.9. The molecule has 0 spiro atoms. The number of hydrogen-bond acceptors (Lipinski definition) is 4. The Morgan fingerprint density at radius 3 is 2.32 bits per heavy atom. The smallest absolute Gasteiger partial charge is 0.340 e. The molecule has 31 heavy (non-hydrogen) atoms. The van der Waals surface area contributed by atoms with E-state index in [-0.39, 0.29) is 11.9 Å². The molecule has 6 nitrogen and oxygen atoms in total. The summed E-state index contributed by atoms with van der Waals surface area (Å²) in [4.78, 5) is 30.7. The molecule has 1 heterocycles. The van der Waals surface area contributed by atoms with Gasteiger partial charge >= 0.3 is 5.97 Å². The number of aryl methyl sites for hydroxylation is 1. The Kier molecular flexibility index (Phi) is 6.88. The van der Waals surface area contributed by atoms with E-state index in [2.05, 4.69) is 11.1 Å². The van der Waals surface area contributed by atoms with Gasteiger partial charge in [0.05, 0.1) is 30.3 Å². The Hall–Kier alpha value is -3.85. The number of amides is 1. The van der Waals surface area contributed by atoms with Crippen molar-refractivity contribution in [3.05, 3.63) is 93.8 Å². The molecule has 158 valence electrons. The molecule has 0 aliphatic rings. The minimum Gasteiger partial charge on any atom is -0.462 e. The summed E-state index contributed by atoms with van der Waals surface area (Å²) in [5.41, 5.74) is 4.80. The van der Waals surface area contributed by atoms with Crippen LogP contribution in [0.4, 0.5) is 0 Å². The lowest BCUT2D eigenvalue weighted by molar-refractivity contribution is 0.0525. The van der Waals surface area contributed by atoms with Crippen LogP contribution in [0.2, 0.25) is 0 Å². The van der Waals surface area contributed by atoms with Crippen molar-refractivity contribution in [2.45, 2.75) is 33.9 Å². The fraction of sp³-hybridized carbons (Fsp3) is 0.240.